The van der Waals surface area contributed by atoms with Crippen molar-refractivity contribution in [2.24, 2.45) is 21.8 Å². The van der Waals surface area contributed by atoms with Crippen LogP contribution in [-0.4, -0.2) is 18.6 Å². The molecule has 0 bridgehead atoms. The van der Waals surface area contributed by atoms with Gasteiger partial charge in [-0.25, -0.2) is 4.99 Å². The van der Waals surface area contributed by atoms with Gasteiger partial charge in [-0.2, -0.15) is 0 Å². The molecule has 0 saturated heterocycles. The highest BCUT2D eigenvalue weighted by Crippen LogP contribution is 2.16. The van der Waals surface area contributed by atoms with Crippen molar-refractivity contribution in [3.8, 4) is 0 Å². The minimum atomic E-state index is 0.369. The minimum Gasteiger partial charge on any atom is -0.270 e. The molecule has 2 nitrogen and oxygen atoms in total. The lowest BCUT2D eigenvalue weighted by Crippen LogP contribution is -2.17. The Balaban J connectivity index is 3.93. The SMILES string of the molecule is C/C=N\C=N/C(C)C(C)C(C)C. The van der Waals surface area contributed by atoms with Gasteiger partial charge in [-0.1, -0.05) is 20.8 Å². The average Bonchev–Trinajstić information content (AvgIpc) is 2.03. The largest absolute Gasteiger partial charge is 0.270 e. The van der Waals surface area contributed by atoms with Crippen molar-refractivity contribution in [2.45, 2.75) is 40.7 Å². The van der Waals surface area contributed by atoms with E-state index in [9.17, 15) is 0 Å². The van der Waals surface area contributed by atoms with Crippen molar-refractivity contribution in [3.63, 3.8) is 0 Å². The zero-order valence-corrected chi connectivity index (χ0v) is 8.78. The van der Waals surface area contributed by atoms with Gasteiger partial charge in [0, 0.05) is 6.21 Å². The maximum absolute atomic E-state index is 4.31. The molecule has 2 atom stereocenters. The minimum absolute atomic E-state index is 0.369. The first kappa shape index (κ1) is 11.3. The Morgan fingerprint density at radius 2 is 1.67 bits per heavy atom. The van der Waals surface area contributed by atoms with Gasteiger partial charge < -0.3 is 0 Å². The molecule has 0 N–H and O–H groups in total. The Hall–Kier alpha value is -0.660. The third kappa shape index (κ3) is 4.27. The molecule has 0 aliphatic heterocycles. The van der Waals surface area contributed by atoms with Gasteiger partial charge in [0.2, 0.25) is 0 Å². The molecular weight excluding hydrogens is 148 g/mol. The van der Waals surface area contributed by atoms with Crippen LogP contribution in [0.4, 0.5) is 0 Å². The van der Waals surface area contributed by atoms with Crippen molar-refractivity contribution >= 4 is 12.6 Å². The van der Waals surface area contributed by atoms with Crippen LogP contribution in [0.25, 0.3) is 0 Å². The van der Waals surface area contributed by atoms with Crippen LogP contribution in [0, 0.1) is 11.8 Å². The van der Waals surface area contributed by atoms with Gasteiger partial charge in [0.25, 0.3) is 0 Å². The predicted molar refractivity (Wildman–Crippen MR) is 56.1 cm³/mol. The summed E-state index contributed by atoms with van der Waals surface area (Å²) < 4.78 is 0. The van der Waals surface area contributed by atoms with Crippen LogP contribution in [0.5, 0.6) is 0 Å². The average molecular weight is 168 g/mol. The first-order valence-corrected chi connectivity index (χ1v) is 4.59. The Morgan fingerprint density at radius 1 is 1.08 bits per heavy atom. The molecule has 0 amide bonds. The van der Waals surface area contributed by atoms with Crippen LogP contribution < -0.4 is 0 Å². The molecule has 0 aromatic rings. The summed E-state index contributed by atoms with van der Waals surface area (Å²) in [5.74, 6) is 1.30. The van der Waals surface area contributed by atoms with Crippen LogP contribution >= 0.6 is 0 Å². The summed E-state index contributed by atoms with van der Waals surface area (Å²) in [4.78, 5) is 8.25. The highest BCUT2D eigenvalue weighted by molar-refractivity contribution is 5.70. The van der Waals surface area contributed by atoms with Crippen molar-refractivity contribution in [1.29, 1.82) is 0 Å². The van der Waals surface area contributed by atoms with Crippen LogP contribution in [0.2, 0.25) is 0 Å². The zero-order chi connectivity index (χ0) is 9.56. The van der Waals surface area contributed by atoms with E-state index in [1.807, 2.05) is 6.92 Å². The number of aliphatic imine (C=N–C) groups is 2. The Bertz CT molecular complexity index is 159. The number of nitrogens with zero attached hydrogens (tertiary/aromatic N) is 2. The molecule has 0 saturated carbocycles. The van der Waals surface area contributed by atoms with Gasteiger partial charge in [-0.3, -0.25) is 4.99 Å². The van der Waals surface area contributed by atoms with Crippen molar-refractivity contribution in [3.05, 3.63) is 0 Å². The Kier molecular flexibility index (Phi) is 5.60. The molecule has 0 aliphatic carbocycles. The second-order valence-corrected chi connectivity index (χ2v) is 3.52. The molecule has 0 radical (unpaired) electrons. The molecule has 0 aliphatic rings. The summed E-state index contributed by atoms with van der Waals surface area (Å²) in [6, 6.07) is 0.369. The number of hydrogen-bond acceptors (Lipinski definition) is 1. The molecule has 0 fully saturated rings. The quantitative estimate of drug-likeness (QED) is 0.455. The smallest absolute Gasteiger partial charge is 0.109 e. The van der Waals surface area contributed by atoms with Crippen LogP contribution in [-0.2, 0) is 0 Å². The van der Waals surface area contributed by atoms with E-state index in [-0.39, 0.29) is 0 Å². The fourth-order valence-electron chi connectivity index (χ4n) is 0.903. The highest BCUT2D eigenvalue weighted by Gasteiger charge is 2.13. The lowest BCUT2D eigenvalue weighted by atomic mass is 9.92. The van der Waals surface area contributed by atoms with Crippen molar-refractivity contribution in [1.82, 2.24) is 0 Å². The van der Waals surface area contributed by atoms with Crippen LogP contribution in [0.15, 0.2) is 9.98 Å². The highest BCUT2D eigenvalue weighted by atomic mass is 14.9. The van der Waals surface area contributed by atoms with E-state index in [2.05, 4.69) is 37.7 Å². The van der Waals surface area contributed by atoms with E-state index in [1.165, 1.54) is 0 Å². The lowest BCUT2D eigenvalue weighted by molar-refractivity contribution is 0.364. The predicted octanol–water partition coefficient (Wildman–Crippen LogP) is 2.79. The number of hydrogen-bond donors (Lipinski definition) is 0. The molecular formula is C10H20N2. The normalized spacial score (nSPS) is 17.8. The third-order valence-electron chi connectivity index (χ3n) is 2.33. The number of rotatable bonds is 4. The van der Waals surface area contributed by atoms with Gasteiger partial charge >= 0.3 is 0 Å². The van der Waals surface area contributed by atoms with E-state index < -0.39 is 0 Å². The molecule has 70 valence electrons. The van der Waals surface area contributed by atoms with Gasteiger partial charge in [-0.05, 0) is 25.7 Å². The van der Waals surface area contributed by atoms with E-state index in [0.29, 0.717) is 17.9 Å². The summed E-state index contributed by atoms with van der Waals surface area (Å²) in [5.41, 5.74) is 0. The van der Waals surface area contributed by atoms with Gasteiger partial charge in [0.15, 0.2) is 0 Å². The van der Waals surface area contributed by atoms with E-state index in [1.54, 1.807) is 12.6 Å². The standard InChI is InChI=1S/C10H20N2/c1-6-11-7-12-10(5)9(4)8(2)3/h6-10H,1-5H3/b11-6-,12-7-. The van der Waals surface area contributed by atoms with E-state index >= 15 is 0 Å². The van der Waals surface area contributed by atoms with Gasteiger partial charge in [-0.15, -0.1) is 0 Å². The van der Waals surface area contributed by atoms with Crippen LogP contribution in [0.3, 0.4) is 0 Å². The molecule has 0 spiro atoms. The first-order chi connectivity index (χ1) is 5.59. The fraction of sp³-hybridized carbons (Fsp3) is 0.800. The monoisotopic (exact) mass is 168 g/mol. The summed E-state index contributed by atoms with van der Waals surface area (Å²) in [6.45, 7) is 10.7. The molecule has 0 heterocycles. The molecule has 0 aromatic carbocycles. The lowest BCUT2D eigenvalue weighted by Gasteiger charge is -2.19. The van der Waals surface area contributed by atoms with Gasteiger partial charge in [0.1, 0.15) is 6.34 Å². The van der Waals surface area contributed by atoms with Crippen molar-refractivity contribution in [2.75, 3.05) is 0 Å². The van der Waals surface area contributed by atoms with Crippen molar-refractivity contribution < 1.29 is 0 Å². The first-order valence-electron chi connectivity index (χ1n) is 4.59. The summed E-state index contributed by atoms with van der Waals surface area (Å²) >= 11 is 0. The summed E-state index contributed by atoms with van der Waals surface area (Å²) in [5, 5.41) is 0. The zero-order valence-electron chi connectivity index (χ0n) is 8.78. The Labute approximate surface area is 75.8 Å². The molecule has 0 aromatic heterocycles. The Morgan fingerprint density at radius 3 is 2.08 bits per heavy atom. The molecule has 2 unspecified atom stereocenters. The molecule has 0 rings (SSSR count). The van der Waals surface area contributed by atoms with E-state index in [4.69, 9.17) is 0 Å². The maximum atomic E-state index is 4.31. The molecule has 12 heavy (non-hydrogen) atoms. The summed E-state index contributed by atoms with van der Waals surface area (Å²) in [6.07, 6.45) is 3.39. The second kappa shape index (κ2) is 5.92. The fourth-order valence-corrected chi connectivity index (χ4v) is 0.903. The van der Waals surface area contributed by atoms with Crippen LogP contribution in [0.1, 0.15) is 34.6 Å². The summed E-state index contributed by atoms with van der Waals surface area (Å²) in [7, 11) is 0. The topological polar surface area (TPSA) is 24.7 Å². The van der Waals surface area contributed by atoms with E-state index in [0.717, 1.165) is 0 Å². The second-order valence-electron chi connectivity index (χ2n) is 3.52. The molecule has 2 heteroatoms. The third-order valence-corrected chi connectivity index (χ3v) is 2.33. The van der Waals surface area contributed by atoms with Gasteiger partial charge in [0.05, 0.1) is 6.04 Å². The maximum Gasteiger partial charge on any atom is 0.109 e.